The standard InChI is InChI=1S/C12H13NO3S3/c1-17-10-5-3-2-4-9(10)13-19(15,16)12-6-7-18-11(12)8-14/h2-7,13-14H,8H2,1H3. The quantitative estimate of drug-likeness (QED) is 0.833. The Kier molecular flexibility index (Phi) is 4.51. The number of hydrogen-bond donors (Lipinski definition) is 2. The first-order valence-corrected chi connectivity index (χ1v) is 9.00. The summed E-state index contributed by atoms with van der Waals surface area (Å²) in [5, 5.41) is 10.8. The molecule has 0 atom stereocenters. The largest absolute Gasteiger partial charge is 0.391 e. The fourth-order valence-corrected chi connectivity index (χ4v) is 4.61. The van der Waals surface area contributed by atoms with Gasteiger partial charge in [-0.25, -0.2) is 8.42 Å². The zero-order chi connectivity index (χ0) is 13.9. The molecule has 2 rings (SSSR count). The van der Waals surface area contributed by atoms with E-state index in [0.29, 0.717) is 10.6 Å². The molecule has 2 aromatic rings. The predicted octanol–water partition coefficient (Wildman–Crippen LogP) is 2.76. The molecule has 19 heavy (non-hydrogen) atoms. The van der Waals surface area contributed by atoms with Gasteiger partial charge in [0.2, 0.25) is 0 Å². The van der Waals surface area contributed by atoms with Crippen molar-refractivity contribution in [3.8, 4) is 0 Å². The third-order valence-electron chi connectivity index (χ3n) is 2.49. The van der Waals surface area contributed by atoms with Crippen LogP contribution in [-0.2, 0) is 16.6 Å². The fraction of sp³-hybridized carbons (Fsp3) is 0.167. The minimum Gasteiger partial charge on any atom is -0.391 e. The summed E-state index contributed by atoms with van der Waals surface area (Å²) in [6.07, 6.45) is 1.89. The van der Waals surface area contributed by atoms with Gasteiger partial charge in [-0.2, -0.15) is 0 Å². The molecular weight excluding hydrogens is 302 g/mol. The molecule has 1 aromatic heterocycles. The summed E-state index contributed by atoms with van der Waals surface area (Å²) in [5.41, 5.74) is 0.546. The molecule has 0 unspecified atom stereocenters. The minimum atomic E-state index is -3.66. The first kappa shape index (κ1) is 14.4. The molecule has 0 spiro atoms. The van der Waals surface area contributed by atoms with E-state index in [-0.39, 0.29) is 11.5 Å². The minimum absolute atomic E-state index is 0.135. The van der Waals surface area contributed by atoms with E-state index in [1.54, 1.807) is 17.5 Å². The Morgan fingerprint density at radius 1 is 1.32 bits per heavy atom. The highest BCUT2D eigenvalue weighted by atomic mass is 32.2. The summed E-state index contributed by atoms with van der Waals surface area (Å²) in [7, 11) is -3.66. The molecule has 4 nitrogen and oxygen atoms in total. The van der Waals surface area contributed by atoms with Crippen molar-refractivity contribution in [3.63, 3.8) is 0 Å². The van der Waals surface area contributed by atoms with Crippen molar-refractivity contribution in [3.05, 3.63) is 40.6 Å². The van der Waals surface area contributed by atoms with Crippen LogP contribution in [0.5, 0.6) is 0 Å². The van der Waals surface area contributed by atoms with Crippen LogP contribution in [0, 0.1) is 0 Å². The van der Waals surface area contributed by atoms with Crippen molar-refractivity contribution in [1.82, 2.24) is 0 Å². The van der Waals surface area contributed by atoms with Crippen LogP contribution >= 0.6 is 23.1 Å². The second kappa shape index (κ2) is 5.96. The van der Waals surface area contributed by atoms with E-state index in [0.717, 1.165) is 4.90 Å². The number of nitrogens with one attached hydrogen (secondary N) is 1. The molecule has 0 bridgehead atoms. The first-order valence-electron chi connectivity index (χ1n) is 5.41. The molecule has 0 amide bonds. The van der Waals surface area contributed by atoms with Crippen LogP contribution in [0.25, 0.3) is 0 Å². The van der Waals surface area contributed by atoms with E-state index in [1.807, 2.05) is 18.4 Å². The van der Waals surface area contributed by atoms with Crippen LogP contribution in [-0.4, -0.2) is 19.8 Å². The van der Waals surface area contributed by atoms with Crippen LogP contribution in [0.15, 0.2) is 45.5 Å². The van der Waals surface area contributed by atoms with Crippen LogP contribution in [0.1, 0.15) is 4.88 Å². The Bertz CT molecular complexity index is 664. The smallest absolute Gasteiger partial charge is 0.263 e. The Morgan fingerprint density at radius 3 is 2.74 bits per heavy atom. The molecule has 0 fully saturated rings. The molecule has 2 N–H and O–H groups in total. The Morgan fingerprint density at radius 2 is 2.05 bits per heavy atom. The van der Waals surface area contributed by atoms with Crippen molar-refractivity contribution in [1.29, 1.82) is 0 Å². The summed E-state index contributed by atoms with van der Waals surface area (Å²) >= 11 is 2.69. The molecule has 7 heteroatoms. The number of para-hydroxylation sites is 1. The van der Waals surface area contributed by atoms with E-state index in [9.17, 15) is 8.42 Å². The summed E-state index contributed by atoms with van der Waals surface area (Å²) < 4.78 is 27.1. The molecule has 0 aliphatic heterocycles. The van der Waals surface area contributed by atoms with Gasteiger partial charge in [-0.3, -0.25) is 4.72 Å². The topological polar surface area (TPSA) is 66.4 Å². The lowest BCUT2D eigenvalue weighted by Crippen LogP contribution is -2.14. The van der Waals surface area contributed by atoms with Gasteiger partial charge in [-0.15, -0.1) is 23.1 Å². The Balaban J connectivity index is 2.37. The number of aliphatic hydroxyl groups excluding tert-OH is 1. The number of thiophene rings is 1. The third-order valence-corrected chi connectivity index (χ3v) is 5.77. The lowest BCUT2D eigenvalue weighted by atomic mass is 10.3. The van der Waals surface area contributed by atoms with E-state index < -0.39 is 10.0 Å². The zero-order valence-electron chi connectivity index (χ0n) is 10.2. The number of benzene rings is 1. The number of thioether (sulfide) groups is 1. The maximum atomic E-state index is 12.3. The second-order valence-corrected chi connectivity index (χ2v) is 7.17. The highest BCUT2D eigenvalue weighted by molar-refractivity contribution is 7.99. The molecule has 1 aromatic carbocycles. The summed E-state index contributed by atoms with van der Waals surface area (Å²) in [4.78, 5) is 1.43. The first-order chi connectivity index (χ1) is 9.08. The second-order valence-electron chi connectivity index (χ2n) is 3.67. The van der Waals surface area contributed by atoms with Gasteiger partial charge in [0.1, 0.15) is 4.90 Å². The predicted molar refractivity (Wildman–Crippen MR) is 79.3 cm³/mol. The zero-order valence-corrected chi connectivity index (χ0v) is 12.6. The summed E-state index contributed by atoms with van der Waals surface area (Å²) in [5.74, 6) is 0. The molecule has 0 aliphatic rings. The van der Waals surface area contributed by atoms with Gasteiger partial charge in [-0.1, -0.05) is 12.1 Å². The van der Waals surface area contributed by atoms with Gasteiger partial charge in [0.05, 0.1) is 17.2 Å². The van der Waals surface area contributed by atoms with E-state index in [2.05, 4.69) is 4.72 Å². The SMILES string of the molecule is CSc1ccccc1NS(=O)(=O)c1ccsc1CO. The van der Waals surface area contributed by atoms with Crippen molar-refractivity contribution in [2.45, 2.75) is 16.4 Å². The number of rotatable bonds is 5. The van der Waals surface area contributed by atoms with Gasteiger partial charge in [-0.05, 0) is 29.8 Å². The van der Waals surface area contributed by atoms with Gasteiger partial charge >= 0.3 is 0 Å². The highest BCUT2D eigenvalue weighted by Crippen LogP contribution is 2.29. The summed E-state index contributed by atoms with van der Waals surface area (Å²) in [6, 6.07) is 8.70. The highest BCUT2D eigenvalue weighted by Gasteiger charge is 2.20. The van der Waals surface area contributed by atoms with E-state index in [4.69, 9.17) is 5.11 Å². The summed E-state index contributed by atoms with van der Waals surface area (Å²) in [6.45, 7) is -0.280. The van der Waals surface area contributed by atoms with Gasteiger partial charge in [0.25, 0.3) is 10.0 Å². The molecule has 0 aliphatic carbocycles. The van der Waals surface area contributed by atoms with Crippen LogP contribution in [0.3, 0.4) is 0 Å². The molecular formula is C12H13NO3S3. The van der Waals surface area contributed by atoms with E-state index >= 15 is 0 Å². The van der Waals surface area contributed by atoms with Crippen LogP contribution < -0.4 is 4.72 Å². The third kappa shape index (κ3) is 3.11. The van der Waals surface area contributed by atoms with Crippen molar-refractivity contribution in [2.24, 2.45) is 0 Å². The maximum Gasteiger partial charge on any atom is 0.263 e. The maximum absolute atomic E-state index is 12.3. The number of sulfonamides is 1. The lowest BCUT2D eigenvalue weighted by molar-refractivity contribution is 0.282. The lowest BCUT2D eigenvalue weighted by Gasteiger charge is -2.11. The molecule has 0 saturated heterocycles. The molecule has 1 heterocycles. The number of aliphatic hydroxyl groups is 1. The normalized spacial score (nSPS) is 11.5. The average Bonchev–Trinajstić information content (AvgIpc) is 2.88. The van der Waals surface area contributed by atoms with Crippen molar-refractivity contribution >= 4 is 38.8 Å². The number of hydrogen-bond acceptors (Lipinski definition) is 5. The Labute approximate surface area is 120 Å². The van der Waals surface area contributed by atoms with Gasteiger partial charge in [0, 0.05) is 4.90 Å². The fourth-order valence-electron chi connectivity index (χ4n) is 1.61. The Hall–Kier alpha value is -1.02. The van der Waals surface area contributed by atoms with Crippen molar-refractivity contribution in [2.75, 3.05) is 11.0 Å². The molecule has 102 valence electrons. The van der Waals surface area contributed by atoms with Gasteiger partial charge in [0.15, 0.2) is 0 Å². The van der Waals surface area contributed by atoms with Crippen LogP contribution in [0.4, 0.5) is 5.69 Å². The van der Waals surface area contributed by atoms with Crippen molar-refractivity contribution < 1.29 is 13.5 Å². The average molecular weight is 315 g/mol. The van der Waals surface area contributed by atoms with Crippen LogP contribution in [0.2, 0.25) is 0 Å². The molecule has 0 radical (unpaired) electrons. The van der Waals surface area contributed by atoms with E-state index in [1.165, 1.54) is 29.2 Å². The van der Waals surface area contributed by atoms with Gasteiger partial charge < -0.3 is 5.11 Å². The monoisotopic (exact) mass is 315 g/mol. The molecule has 0 saturated carbocycles. The number of anilines is 1.